The number of methoxy groups -OCH3 is 1. The van der Waals surface area contributed by atoms with Crippen molar-refractivity contribution in [2.24, 2.45) is 0 Å². The van der Waals surface area contributed by atoms with Crippen LogP contribution in [-0.2, 0) is 4.79 Å². The summed E-state index contributed by atoms with van der Waals surface area (Å²) >= 11 is 5.98. The number of ether oxygens (including phenoxy) is 1. The van der Waals surface area contributed by atoms with Crippen LogP contribution in [-0.4, -0.2) is 19.6 Å². The van der Waals surface area contributed by atoms with Crippen LogP contribution < -0.4 is 15.4 Å². The molecule has 0 aromatic heterocycles. The molecule has 0 aliphatic heterocycles. The number of nitrogens with one attached hydrogen (secondary N) is 2. The molecular weight excluding hydrogens is 324 g/mol. The van der Waals surface area contributed by atoms with Gasteiger partial charge in [-0.1, -0.05) is 29.8 Å². The molecule has 128 valence electrons. The van der Waals surface area contributed by atoms with E-state index in [-0.39, 0.29) is 18.5 Å². The number of halogens is 1. The van der Waals surface area contributed by atoms with Gasteiger partial charge in [-0.2, -0.15) is 0 Å². The van der Waals surface area contributed by atoms with Crippen molar-refractivity contribution in [2.75, 3.05) is 19.0 Å². The van der Waals surface area contributed by atoms with Crippen molar-refractivity contribution in [3.63, 3.8) is 0 Å². The van der Waals surface area contributed by atoms with Gasteiger partial charge in [0.2, 0.25) is 5.91 Å². The summed E-state index contributed by atoms with van der Waals surface area (Å²) in [4.78, 5) is 12.2. The summed E-state index contributed by atoms with van der Waals surface area (Å²) in [5, 5.41) is 6.64. The van der Waals surface area contributed by atoms with E-state index in [4.69, 9.17) is 16.3 Å². The Balaban J connectivity index is 1.95. The number of hydrogen-bond acceptors (Lipinski definition) is 3. The van der Waals surface area contributed by atoms with Crippen LogP contribution >= 0.6 is 11.6 Å². The number of anilines is 1. The number of hydrogen-bond donors (Lipinski definition) is 2. The molecule has 0 saturated carbocycles. The van der Waals surface area contributed by atoms with E-state index < -0.39 is 0 Å². The Morgan fingerprint density at radius 2 is 1.92 bits per heavy atom. The van der Waals surface area contributed by atoms with E-state index in [1.165, 1.54) is 11.1 Å². The van der Waals surface area contributed by atoms with Gasteiger partial charge in [-0.15, -0.1) is 0 Å². The van der Waals surface area contributed by atoms with E-state index in [0.29, 0.717) is 16.5 Å². The second-order valence-corrected chi connectivity index (χ2v) is 6.27. The van der Waals surface area contributed by atoms with Crippen LogP contribution in [0.2, 0.25) is 5.02 Å². The fourth-order valence-electron chi connectivity index (χ4n) is 2.40. The standard InChI is InChI=1S/C19H23ClN2O2/c1-12-5-6-15(9-13(12)2)14(3)22-19(23)11-21-17-10-16(20)7-8-18(17)24-4/h5-10,14,21H,11H2,1-4H3,(H,22,23). The molecule has 24 heavy (non-hydrogen) atoms. The van der Waals surface area contributed by atoms with Gasteiger partial charge in [0, 0.05) is 5.02 Å². The third kappa shape index (κ3) is 4.65. The predicted octanol–water partition coefficient (Wildman–Crippen LogP) is 4.25. The Labute approximate surface area is 148 Å². The lowest BCUT2D eigenvalue weighted by Crippen LogP contribution is -2.32. The lowest BCUT2D eigenvalue weighted by Gasteiger charge is -2.17. The topological polar surface area (TPSA) is 50.4 Å². The smallest absolute Gasteiger partial charge is 0.239 e. The SMILES string of the molecule is COc1ccc(Cl)cc1NCC(=O)NC(C)c1ccc(C)c(C)c1. The Morgan fingerprint density at radius 3 is 2.58 bits per heavy atom. The summed E-state index contributed by atoms with van der Waals surface area (Å²) in [6.07, 6.45) is 0. The molecule has 0 spiro atoms. The van der Waals surface area contributed by atoms with E-state index in [2.05, 4.69) is 36.6 Å². The zero-order chi connectivity index (χ0) is 17.7. The van der Waals surface area contributed by atoms with Crippen molar-refractivity contribution in [3.05, 3.63) is 58.1 Å². The van der Waals surface area contributed by atoms with Crippen LogP contribution in [0.5, 0.6) is 5.75 Å². The molecule has 1 atom stereocenters. The molecule has 1 unspecified atom stereocenters. The number of rotatable bonds is 6. The lowest BCUT2D eigenvalue weighted by molar-refractivity contribution is -0.120. The maximum Gasteiger partial charge on any atom is 0.239 e. The first-order valence-corrected chi connectivity index (χ1v) is 8.22. The number of benzene rings is 2. The van der Waals surface area contributed by atoms with E-state index in [1.54, 1.807) is 25.3 Å². The molecule has 0 bridgehead atoms. The summed E-state index contributed by atoms with van der Waals surface area (Å²) < 4.78 is 5.25. The normalized spacial score (nSPS) is 11.7. The van der Waals surface area contributed by atoms with E-state index in [1.807, 2.05) is 13.0 Å². The first-order chi connectivity index (χ1) is 11.4. The third-order valence-corrected chi connectivity index (χ3v) is 4.24. The van der Waals surface area contributed by atoms with Gasteiger partial charge in [0.1, 0.15) is 5.75 Å². The molecule has 2 rings (SSSR count). The second-order valence-electron chi connectivity index (χ2n) is 5.83. The predicted molar refractivity (Wildman–Crippen MR) is 99.0 cm³/mol. The van der Waals surface area contributed by atoms with Gasteiger partial charge in [-0.25, -0.2) is 0 Å². The Hall–Kier alpha value is -2.20. The van der Waals surface area contributed by atoms with Crippen molar-refractivity contribution in [3.8, 4) is 5.75 Å². The molecule has 4 nitrogen and oxygen atoms in total. The van der Waals surface area contributed by atoms with Crippen LogP contribution in [0.25, 0.3) is 0 Å². The summed E-state index contributed by atoms with van der Waals surface area (Å²) in [7, 11) is 1.58. The molecule has 2 aromatic carbocycles. The van der Waals surface area contributed by atoms with Gasteiger partial charge in [0.25, 0.3) is 0 Å². The summed E-state index contributed by atoms with van der Waals surface area (Å²) in [6.45, 7) is 6.26. The Kier molecular flexibility index (Phi) is 6.10. The molecule has 2 aromatic rings. The fourth-order valence-corrected chi connectivity index (χ4v) is 2.58. The summed E-state index contributed by atoms with van der Waals surface area (Å²) in [6, 6.07) is 11.4. The van der Waals surface area contributed by atoms with E-state index >= 15 is 0 Å². The lowest BCUT2D eigenvalue weighted by atomic mass is 10.0. The zero-order valence-electron chi connectivity index (χ0n) is 14.4. The highest BCUT2D eigenvalue weighted by Gasteiger charge is 2.11. The highest BCUT2D eigenvalue weighted by atomic mass is 35.5. The van der Waals surface area contributed by atoms with Crippen LogP contribution in [0, 0.1) is 13.8 Å². The number of carbonyl (C=O) groups excluding carboxylic acids is 1. The van der Waals surface area contributed by atoms with Crippen LogP contribution in [0.15, 0.2) is 36.4 Å². The molecule has 1 amide bonds. The minimum Gasteiger partial charge on any atom is -0.495 e. The minimum atomic E-state index is -0.0947. The Bertz CT molecular complexity index is 731. The second kappa shape index (κ2) is 8.06. The number of amides is 1. The van der Waals surface area contributed by atoms with Gasteiger partial charge in [-0.05, 0) is 55.7 Å². The van der Waals surface area contributed by atoms with Crippen LogP contribution in [0.1, 0.15) is 29.7 Å². The number of aryl methyl sites for hydroxylation is 2. The molecule has 0 radical (unpaired) electrons. The molecule has 2 N–H and O–H groups in total. The molecule has 0 fully saturated rings. The first-order valence-electron chi connectivity index (χ1n) is 7.84. The summed E-state index contributed by atoms with van der Waals surface area (Å²) in [5.41, 5.74) is 4.24. The van der Waals surface area contributed by atoms with Crippen molar-refractivity contribution in [2.45, 2.75) is 26.8 Å². The van der Waals surface area contributed by atoms with Crippen molar-refractivity contribution >= 4 is 23.2 Å². The molecule has 0 heterocycles. The molecule has 0 saturated heterocycles. The zero-order valence-corrected chi connectivity index (χ0v) is 15.2. The molecule has 5 heteroatoms. The van der Waals surface area contributed by atoms with Crippen molar-refractivity contribution < 1.29 is 9.53 Å². The molecular formula is C19H23ClN2O2. The first kappa shape index (κ1) is 18.1. The van der Waals surface area contributed by atoms with Crippen LogP contribution in [0.3, 0.4) is 0 Å². The average molecular weight is 347 g/mol. The highest BCUT2D eigenvalue weighted by molar-refractivity contribution is 6.30. The number of carbonyl (C=O) groups is 1. The van der Waals surface area contributed by atoms with Crippen LogP contribution in [0.4, 0.5) is 5.69 Å². The van der Waals surface area contributed by atoms with Crippen molar-refractivity contribution in [1.29, 1.82) is 0 Å². The third-order valence-electron chi connectivity index (χ3n) is 4.01. The van der Waals surface area contributed by atoms with E-state index in [9.17, 15) is 4.79 Å². The van der Waals surface area contributed by atoms with Gasteiger partial charge in [-0.3, -0.25) is 4.79 Å². The molecule has 0 aliphatic carbocycles. The Morgan fingerprint density at radius 1 is 1.17 bits per heavy atom. The van der Waals surface area contributed by atoms with Crippen molar-refractivity contribution in [1.82, 2.24) is 5.32 Å². The van der Waals surface area contributed by atoms with Gasteiger partial charge < -0.3 is 15.4 Å². The largest absolute Gasteiger partial charge is 0.495 e. The van der Waals surface area contributed by atoms with Gasteiger partial charge >= 0.3 is 0 Å². The minimum absolute atomic E-state index is 0.0557. The highest BCUT2D eigenvalue weighted by Crippen LogP contribution is 2.27. The summed E-state index contributed by atoms with van der Waals surface area (Å²) in [5.74, 6) is 0.553. The fraction of sp³-hybridized carbons (Fsp3) is 0.316. The maximum absolute atomic E-state index is 12.2. The van der Waals surface area contributed by atoms with E-state index in [0.717, 1.165) is 5.56 Å². The monoisotopic (exact) mass is 346 g/mol. The van der Waals surface area contributed by atoms with Gasteiger partial charge in [0.05, 0.1) is 25.4 Å². The average Bonchev–Trinajstić information content (AvgIpc) is 2.55. The van der Waals surface area contributed by atoms with Gasteiger partial charge in [0.15, 0.2) is 0 Å². The molecule has 0 aliphatic rings. The maximum atomic E-state index is 12.2. The quantitative estimate of drug-likeness (QED) is 0.821.